The molecule has 1 aliphatic heterocycles. The Labute approximate surface area is 114 Å². The van der Waals surface area contributed by atoms with Gasteiger partial charge in [-0.25, -0.2) is 4.79 Å². The van der Waals surface area contributed by atoms with E-state index in [1.807, 2.05) is 37.3 Å². The summed E-state index contributed by atoms with van der Waals surface area (Å²) >= 11 is 0. The number of hydrogen-bond acceptors (Lipinski definition) is 3. The molecule has 2 unspecified atom stereocenters. The second-order valence-corrected chi connectivity index (χ2v) is 4.88. The van der Waals surface area contributed by atoms with Gasteiger partial charge in [0.15, 0.2) is 0 Å². The lowest BCUT2D eigenvalue weighted by atomic mass is 10.1. The van der Waals surface area contributed by atoms with Crippen LogP contribution in [0, 0.1) is 0 Å². The van der Waals surface area contributed by atoms with Gasteiger partial charge in [0, 0.05) is 13.7 Å². The summed E-state index contributed by atoms with van der Waals surface area (Å²) in [5, 5.41) is 0. The first-order chi connectivity index (χ1) is 9.22. The molecule has 104 valence electrons. The Kier molecular flexibility index (Phi) is 4.80. The molecule has 1 fully saturated rings. The molecule has 1 aromatic carbocycles. The van der Waals surface area contributed by atoms with Gasteiger partial charge in [-0.1, -0.05) is 30.3 Å². The van der Waals surface area contributed by atoms with E-state index in [-0.39, 0.29) is 18.2 Å². The second-order valence-electron chi connectivity index (χ2n) is 4.88. The highest BCUT2D eigenvalue weighted by molar-refractivity contribution is 5.68. The minimum absolute atomic E-state index is 0.0479. The molecular weight excluding hydrogens is 242 g/mol. The van der Waals surface area contributed by atoms with E-state index in [4.69, 9.17) is 9.47 Å². The fraction of sp³-hybridized carbons (Fsp3) is 0.533. The third-order valence-corrected chi connectivity index (χ3v) is 3.65. The number of carbonyl (C=O) groups is 1. The predicted molar refractivity (Wildman–Crippen MR) is 72.8 cm³/mol. The van der Waals surface area contributed by atoms with Crippen LogP contribution >= 0.6 is 0 Å². The first-order valence-corrected chi connectivity index (χ1v) is 6.72. The Morgan fingerprint density at radius 3 is 2.84 bits per heavy atom. The summed E-state index contributed by atoms with van der Waals surface area (Å²) in [6, 6.07) is 9.86. The van der Waals surface area contributed by atoms with Crippen LogP contribution in [-0.2, 0) is 16.1 Å². The number of nitrogens with zero attached hydrogens (tertiary/aromatic N) is 1. The molecule has 2 rings (SSSR count). The van der Waals surface area contributed by atoms with Crippen LogP contribution < -0.4 is 0 Å². The Bertz CT molecular complexity index is 407. The van der Waals surface area contributed by atoms with Crippen molar-refractivity contribution in [3.05, 3.63) is 35.9 Å². The Morgan fingerprint density at radius 2 is 2.16 bits per heavy atom. The van der Waals surface area contributed by atoms with E-state index in [0.717, 1.165) is 24.9 Å². The average Bonchev–Trinajstić information content (AvgIpc) is 2.94. The third kappa shape index (κ3) is 3.47. The smallest absolute Gasteiger partial charge is 0.410 e. The summed E-state index contributed by atoms with van der Waals surface area (Å²) in [6.45, 7) is 3.07. The molecule has 19 heavy (non-hydrogen) atoms. The maximum absolute atomic E-state index is 12.1. The van der Waals surface area contributed by atoms with Crippen LogP contribution in [0.4, 0.5) is 4.79 Å². The minimum Gasteiger partial charge on any atom is -0.445 e. The zero-order valence-electron chi connectivity index (χ0n) is 11.5. The SMILES string of the molecule is COC(C)C1CCCN1C(=O)OCc1ccccc1. The van der Waals surface area contributed by atoms with Gasteiger partial charge in [-0.15, -0.1) is 0 Å². The van der Waals surface area contributed by atoms with E-state index in [9.17, 15) is 4.79 Å². The molecule has 0 bridgehead atoms. The van der Waals surface area contributed by atoms with E-state index in [0.29, 0.717) is 6.61 Å². The van der Waals surface area contributed by atoms with Crippen molar-refractivity contribution in [3.63, 3.8) is 0 Å². The molecule has 0 aliphatic carbocycles. The number of amides is 1. The highest BCUT2D eigenvalue weighted by Crippen LogP contribution is 2.22. The van der Waals surface area contributed by atoms with E-state index in [1.165, 1.54) is 0 Å². The molecule has 0 N–H and O–H groups in total. The van der Waals surface area contributed by atoms with Crippen LogP contribution in [0.3, 0.4) is 0 Å². The van der Waals surface area contributed by atoms with Gasteiger partial charge in [0.05, 0.1) is 12.1 Å². The van der Waals surface area contributed by atoms with Gasteiger partial charge in [-0.05, 0) is 25.3 Å². The van der Waals surface area contributed by atoms with Crippen molar-refractivity contribution < 1.29 is 14.3 Å². The monoisotopic (exact) mass is 263 g/mol. The molecule has 1 saturated heterocycles. The topological polar surface area (TPSA) is 38.8 Å². The average molecular weight is 263 g/mol. The van der Waals surface area contributed by atoms with Gasteiger partial charge in [0.1, 0.15) is 6.61 Å². The summed E-state index contributed by atoms with van der Waals surface area (Å²) in [6.07, 6.45) is 1.80. The van der Waals surface area contributed by atoms with Crippen molar-refractivity contribution in [2.45, 2.75) is 38.5 Å². The third-order valence-electron chi connectivity index (χ3n) is 3.65. The molecule has 2 atom stereocenters. The summed E-state index contributed by atoms with van der Waals surface area (Å²) < 4.78 is 10.7. The molecule has 4 nitrogen and oxygen atoms in total. The quantitative estimate of drug-likeness (QED) is 0.838. The van der Waals surface area contributed by atoms with Gasteiger partial charge in [-0.3, -0.25) is 0 Å². The summed E-state index contributed by atoms with van der Waals surface area (Å²) in [5.41, 5.74) is 1.01. The molecule has 4 heteroatoms. The molecule has 1 aliphatic rings. The highest BCUT2D eigenvalue weighted by atomic mass is 16.6. The summed E-state index contributed by atoms with van der Waals surface area (Å²) in [5.74, 6) is 0. The van der Waals surface area contributed by atoms with Gasteiger partial charge in [0.2, 0.25) is 0 Å². The lowest BCUT2D eigenvalue weighted by Crippen LogP contribution is -2.42. The van der Waals surface area contributed by atoms with Crippen LogP contribution in [0.15, 0.2) is 30.3 Å². The fourth-order valence-corrected chi connectivity index (χ4v) is 2.47. The van der Waals surface area contributed by atoms with Crippen molar-refractivity contribution in [3.8, 4) is 0 Å². The van der Waals surface area contributed by atoms with Gasteiger partial charge >= 0.3 is 6.09 Å². The van der Waals surface area contributed by atoms with Crippen molar-refractivity contribution in [2.24, 2.45) is 0 Å². The van der Waals surface area contributed by atoms with E-state index >= 15 is 0 Å². The van der Waals surface area contributed by atoms with Gasteiger partial charge in [-0.2, -0.15) is 0 Å². The normalized spacial score (nSPS) is 20.3. The molecule has 0 spiro atoms. The van der Waals surface area contributed by atoms with Crippen LogP contribution in [-0.4, -0.2) is 36.8 Å². The number of ether oxygens (including phenoxy) is 2. The molecule has 0 radical (unpaired) electrons. The van der Waals surface area contributed by atoms with Crippen molar-refractivity contribution >= 4 is 6.09 Å². The standard InChI is InChI=1S/C15H21NO3/c1-12(18-2)14-9-6-10-16(14)15(17)19-11-13-7-4-3-5-8-13/h3-5,7-8,12,14H,6,9-11H2,1-2H3. The van der Waals surface area contributed by atoms with Crippen LogP contribution in [0.25, 0.3) is 0 Å². The first-order valence-electron chi connectivity index (χ1n) is 6.72. The van der Waals surface area contributed by atoms with Crippen LogP contribution in [0.2, 0.25) is 0 Å². The van der Waals surface area contributed by atoms with Crippen molar-refractivity contribution in [1.82, 2.24) is 4.90 Å². The maximum atomic E-state index is 12.1. The summed E-state index contributed by atoms with van der Waals surface area (Å²) in [7, 11) is 1.68. The number of benzene rings is 1. The van der Waals surface area contributed by atoms with Gasteiger partial charge in [0.25, 0.3) is 0 Å². The predicted octanol–water partition coefficient (Wildman–Crippen LogP) is 2.82. The van der Waals surface area contributed by atoms with Crippen LogP contribution in [0.1, 0.15) is 25.3 Å². The number of hydrogen-bond donors (Lipinski definition) is 0. The zero-order chi connectivity index (χ0) is 13.7. The number of rotatable bonds is 4. The van der Waals surface area contributed by atoms with Crippen LogP contribution in [0.5, 0.6) is 0 Å². The second kappa shape index (κ2) is 6.57. The largest absolute Gasteiger partial charge is 0.445 e. The number of carbonyl (C=O) groups excluding carboxylic acids is 1. The Balaban J connectivity index is 1.89. The van der Waals surface area contributed by atoms with Crippen molar-refractivity contribution in [1.29, 1.82) is 0 Å². The Morgan fingerprint density at radius 1 is 1.42 bits per heavy atom. The lowest BCUT2D eigenvalue weighted by molar-refractivity contribution is 0.0318. The molecule has 1 heterocycles. The molecule has 1 amide bonds. The van der Waals surface area contributed by atoms with E-state index in [2.05, 4.69) is 0 Å². The Hall–Kier alpha value is -1.55. The molecule has 1 aromatic rings. The minimum atomic E-state index is -0.241. The number of likely N-dealkylation sites (tertiary alicyclic amines) is 1. The van der Waals surface area contributed by atoms with E-state index < -0.39 is 0 Å². The van der Waals surface area contributed by atoms with Gasteiger partial charge < -0.3 is 14.4 Å². The maximum Gasteiger partial charge on any atom is 0.410 e. The molecule has 0 aromatic heterocycles. The number of methoxy groups -OCH3 is 1. The lowest BCUT2D eigenvalue weighted by Gasteiger charge is -2.27. The highest BCUT2D eigenvalue weighted by Gasteiger charge is 2.33. The zero-order valence-corrected chi connectivity index (χ0v) is 11.5. The first kappa shape index (κ1) is 13.9. The van der Waals surface area contributed by atoms with Crippen molar-refractivity contribution in [2.75, 3.05) is 13.7 Å². The fourth-order valence-electron chi connectivity index (χ4n) is 2.47. The molecular formula is C15H21NO3. The summed E-state index contributed by atoms with van der Waals surface area (Å²) in [4.78, 5) is 13.9. The van der Waals surface area contributed by atoms with E-state index in [1.54, 1.807) is 12.0 Å². The molecule has 0 saturated carbocycles.